The number of nitrogens with zero attached hydrogens (tertiary/aromatic N) is 2. The Labute approximate surface area is 128 Å². The van der Waals surface area contributed by atoms with Gasteiger partial charge in [-0.1, -0.05) is 0 Å². The maximum Gasteiger partial charge on any atom is 0.241 e. The van der Waals surface area contributed by atoms with Crippen molar-refractivity contribution in [2.24, 2.45) is 5.73 Å². The van der Waals surface area contributed by atoms with Gasteiger partial charge in [0.25, 0.3) is 0 Å². The first-order valence-corrected chi connectivity index (χ1v) is 7.69. The van der Waals surface area contributed by atoms with Crippen LogP contribution in [0.25, 0.3) is 0 Å². The molecular formula is C14H21N5OS. The van der Waals surface area contributed by atoms with E-state index in [1.165, 1.54) is 4.88 Å². The molecule has 0 spiro atoms. The summed E-state index contributed by atoms with van der Waals surface area (Å²) < 4.78 is 0. The van der Waals surface area contributed by atoms with Gasteiger partial charge < -0.3 is 11.1 Å². The number of carbonyl (C=O) groups is 1. The molecule has 0 aliphatic carbocycles. The van der Waals surface area contributed by atoms with E-state index >= 15 is 0 Å². The maximum atomic E-state index is 12.1. The molecule has 4 N–H and O–H groups in total. The Morgan fingerprint density at radius 2 is 2.05 bits per heavy atom. The van der Waals surface area contributed by atoms with Gasteiger partial charge >= 0.3 is 0 Å². The molecule has 2 aromatic rings. The average Bonchev–Trinajstić information content (AvgIpc) is 2.92. The van der Waals surface area contributed by atoms with E-state index in [1.54, 1.807) is 11.3 Å². The summed E-state index contributed by atoms with van der Waals surface area (Å²) in [4.78, 5) is 17.8. The third-order valence-corrected chi connectivity index (χ3v) is 4.62. The Kier molecular flexibility index (Phi) is 4.74. The van der Waals surface area contributed by atoms with E-state index in [2.05, 4.69) is 27.4 Å². The summed E-state index contributed by atoms with van der Waals surface area (Å²) in [6, 6.07) is -0.691. The van der Waals surface area contributed by atoms with Crippen molar-refractivity contribution in [1.82, 2.24) is 20.5 Å². The van der Waals surface area contributed by atoms with E-state index in [0.29, 0.717) is 6.54 Å². The van der Waals surface area contributed by atoms with Crippen LogP contribution in [0.1, 0.15) is 38.6 Å². The number of rotatable bonds is 5. The first kappa shape index (κ1) is 15.7. The molecule has 2 aromatic heterocycles. The lowest BCUT2D eigenvalue weighted by molar-refractivity contribution is -0.122. The van der Waals surface area contributed by atoms with Crippen molar-refractivity contribution in [2.45, 2.75) is 40.2 Å². The van der Waals surface area contributed by atoms with Gasteiger partial charge in [0, 0.05) is 29.1 Å². The Balaban J connectivity index is 1.90. The van der Waals surface area contributed by atoms with Crippen LogP contribution in [0.2, 0.25) is 0 Å². The molecule has 0 saturated heterocycles. The molecule has 0 fully saturated rings. The summed E-state index contributed by atoms with van der Waals surface area (Å²) >= 11 is 1.67. The van der Waals surface area contributed by atoms with Crippen LogP contribution in [0.3, 0.4) is 0 Å². The molecule has 0 saturated carbocycles. The number of aromatic amines is 1. The second-order valence-electron chi connectivity index (χ2n) is 5.12. The maximum absolute atomic E-state index is 12.1. The highest BCUT2D eigenvalue weighted by Crippen LogP contribution is 2.18. The van der Waals surface area contributed by atoms with Gasteiger partial charge in [0.05, 0.1) is 16.4 Å². The molecule has 6 nitrogen and oxygen atoms in total. The van der Waals surface area contributed by atoms with Crippen molar-refractivity contribution in [3.63, 3.8) is 0 Å². The highest BCUT2D eigenvalue weighted by atomic mass is 32.1. The summed E-state index contributed by atoms with van der Waals surface area (Å²) in [6.45, 7) is 8.29. The molecule has 0 aliphatic rings. The third kappa shape index (κ3) is 3.48. The van der Waals surface area contributed by atoms with Gasteiger partial charge in [-0.2, -0.15) is 5.10 Å². The molecule has 0 radical (unpaired) electrons. The zero-order chi connectivity index (χ0) is 15.6. The zero-order valence-electron chi connectivity index (χ0n) is 12.8. The number of nitrogens with two attached hydrogens (primary N) is 1. The lowest BCUT2D eigenvalue weighted by Crippen LogP contribution is -2.35. The summed E-state index contributed by atoms with van der Waals surface area (Å²) in [7, 11) is 0. The van der Waals surface area contributed by atoms with E-state index in [0.717, 1.165) is 34.1 Å². The smallest absolute Gasteiger partial charge is 0.241 e. The number of aryl methyl sites for hydroxylation is 4. The Hall–Kier alpha value is -1.73. The van der Waals surface area contributed by atoms with Crippen LogP contribution >= 0.6 is 11.3 Å². The SMILES string of the molecule is Cc1nc(CCNC(=O)[C@@H](N)c2c(C)n[nH]c2C)sc1C. The summed E-state index contributed by atoms with van der Waals surface area (Å²) in [5, 5.41) is 10.8. The number of aromatic nitrogens is 3. The second-order valence-corrected chi connectivity index (χ2v) is 6.40. The van der Waals surface area contributed by atoms with Crippen molar-refractivity contribution in [3.05, 3.63) is 32.5 Å². The van der Waals surface area contributed by atoms with Crippen LogP contribution in [-0.4, -0.2) is 27.6 Å². The van der Waals surface area contributed by atoms with E-state index in [4.69, 9.17) is 5.73 Å². The van der Waals surface area contributed by atoms with E-state index in [9.17, 15) is 4.79 Å². The zero-order valence-corrected chi connectivity index (χ0v) is 13.6. The van der Waals surface area contributed by atoms with Crippen LogP contribution in [0.15, 0.2) is 0 Å². The molecule has 0 aromatic carbocycles. The molecule has 0 aliphatic heterocycles. The third-order valence-electron chi connectivity index (χ3n) is 3.49. The van der Waals surface area contributed by atoms with Gasteiger partial charge in [-0.25, -0.2) is 4.98 Å². The van der Waals surface area contributed by atoms with Gasteiger partial charge in [0.2, 0.25) is 5.91 Å². The molecule has 21 heavy (non-hydrogen) atoms. The lowest BCUT2D eigenvalue weighted by Gasteiger charge is -2.12. The monoisotopic (exact) mass is 307 g/mol. The van der Waals surface area contributed by atoms with Crippen LogP contribution in [-0.2, 0) is 11.2 Å². The number of thiazole rings is 1. The second kappa shape index (κ2) is 6.36. The average molecular weight is 307 g/mol. The first-order chi connectivity index (χ1) is 9.90. The Morgan fingerprint density at radius 3 is 2.57 bits per heavy atom. The fourth-order valence-corrected chi connectivity index (χ4v) is 3.13. The first-order valence-electron chi connectivity index (χ1n) is 6.87. The number of nitrogens with one attached hydrogen (secondary N) is 2. The van der Waals surface area contributed by atoms with Gasteiger partial charge in [-0.05, 0) is 27.7 Å². The van der Waals surface area contributed by atoms with Crippen LogP contribution < -0.4 is 11.1 Å². The molecule has 7 heteroatoms. The van der Waals surface area contributed by atoms with E-state index in [-0.39, 0.29) is 5.91 Å². The standard InChI is InChI=1S/C14H21N5OS/c1-7-10(4)21-11(17-7)5-6-16-14(20)13(15)12-8(2)18-19-9(12)3/h13H,5-6,15H2,1-4H3,(H,16,20)(H,18,19)/t13-/m0/s1. The Morgan fingerprint density at radius 1 is 1.33 bits per heavy atom. The molecule has 0 bridgehead atoms. The topological polar surface area (TPSA) is 96.7 Å². The van der Waals surface area contributed by atoms with Crippen LogP contribution in [0, 0.1) is 27.7 Å². The number of carbonyl (C=O) groups excluding carboxylic acids is 1. The van der Waals surface area contributed by atoms with Crippen molar-refractivity contribution < 1.29 is 4.79 Å². The van der Waals surface area contributed by atoms with E-state index < -0.39 is 6.04 Å². The van der Waals surface area contributed by atoms with Crippen LogP contribution in [0.4, 0.5) is 0 Å². The van der Waals surface area contributed by atoms with Gasteiger partial charge in [0.15, 0.2) is 0 Å². The van der Waals surface area contributed by atoms with Gasteiger partial charge in [-0.15, -0.1) is 11.3 Å². The molecular weight excluding hydrogens is 286 g/mol. The minimum Gasteiger partial charge on any atom is -0.354 e. The normalized spacial score (nSPS) is 12.4. The van der Waals surface area contributed by atoms with Gasteiger partial charge in [0.1, 0.15) is 6.04 Å². The number of hydrogen-bond acceptors (Lipinski definition) is 5. The highest BCUT2D eigenvalue weighted by molar-refractivity contribution is 7.11. The molecule has 1 amide bonds. The van der Waals surface area contributed by atoms with Gasteiger partial charge in [-0.3, -0.25) is 9.89 Å². The number of amides is 1. The largest absolute Gasteiger partial charge is 0.354 e. The minimum absolute atomic E-state index is 0.187. The quantitative estimate of drug-likeness (QED) is 0.779. The molecule has 2 rings (SSSR count). The van der Waals surface area contributed by atoms with Crippen molar-refractivity contribution in [1.29, 1.82) is 0 Å². The molecule has 2 heterocycles. The number of hydrogen-bond donors (Lipinski definition) is 3. The van der Waals surface area contributed by atoms with Crippen molar-refractivity contribution in [2.75, 3.05) is 6.54 Å². The van der Waals surface area contributed by atoms with E-state index in [1.807, 2.05) is 20.8 Å². The molecule has 0 unspecified atom stereocenters. The molecule has 1 atom stereocenters. The summed E-state index contributed by atoms with van der Waals surface area (Å²) in [5.41, 5.74) is 9.44. The predicted molar refractivity (Wildman–Crippen MR) is 83.3 cm³/mol. The fraction of sp³-hybridized carbons (Fsp3) is 0.500. The predicted octanol–water partition coefficient (Wildman–Crippen LogP) is 1.46. The lowest BCUT2D eigenvalue weighted by atomic mass is 10.1. The summed E-state index contributed by atoms with van der Waals surface area (Å²) in [5.74, 6) is -0.187. The minimum atomic E-state index is -0.691. The highest BCUT2D eigenvalue weighted by Gasteiger charge is 2.21. The number of H-pyrrole nitrogens is 1. The van der Waals surface area contributed by atoms with Crippen molar-refractivity contribution in [3.8, 4) is 0 Å². The molecule has 114 valence electrons. The summed E-state index contributed by atoms with van der Waals surface area (Å²) in [6.07, 6.45) is 0.723. The van der Waals surface area contributed by atoms with Crippen LogP contribution in [0.5, 0.6) is 0 Å². The Bertz CT molecular complexity index is 607. The fourth-order valence-electron chi connectivity index (χ4n) is 2.20. The van der Waals surface area contributed by atoms with Crippen molar-refractivity contribution >= 4 is 17.2 Å².